The molecule has 0 bridgehead atoms. The SMILES string of the molecule is c1ccc2oc(C3CCCN(c4ncnc5ccccc45)C3)nc2c1. The molecule has 4 aromatic rings. The molecule has 2 aromatic heterocycles. The highest BCUT2D eigenvalue weighted by atomic mass is 16.3. The van der Waals surface area contributed by atoms with Crippen LogP contribution in [0.1, 0.15) is 24.7 Å². The lowest BCUT2D eigenvalue weighted by Crippen LogP contribution is -2.35. The molecule has 0 amide bonds. The van der Waals surface area contributed by atoms with E-state index in [0.717, 1.165) is 59.6 Å². The third-order valence-electron chi connectivity index (χ3n) is 4.90. The minimum absolute atomic E-state index is 0.287. The fourth-order valence-corrected chi connectivity index (χ4v) is 3.68. The van der Waals surface area contributed by atoms with Crippen molar-refractivity contribution in [2.75, 3.05) is 18.0 Å². The number of rotatable bonds is 2. The first-order valence-electron chi connectivity index (χ1n) is 8.69. The lowest BCUT2D eigenvalue weighted by atomic mass is 9.97. The van der Waals surface area contributed by atoms with Gasteiger partial charge in [-0.1, -0.05) is 24.3 Å². The Morgan fingerprint density at radius 2 is 1.80 bits per heavy atom. The highest BCUT2D eigenvalue weighted by Crippen LogP contribution is 2.32. The summed E-state index contributed by atoms with van der Waals surface area (Å²) in [6, 6.07) is 16.1. The highest BCUT2D eigenvalue weighted by Gasteiger charge is 2.27. The average molecular weight is 330 g/mol. The number of para-hydroxylation sites is 3. The van der Waals surface area contributed by atoms with Crippen molar-refractivity contribution in [1.29, 1.82) is 0 Å². The highest BCUT2D eigenvalue weighted by molar-refractivity contribution is 5.89. The van der Waals surface area contributed by atoms with Crippen molar-refractivity contribution >= 4 is 27.8 Å². The summed E-state index contributed by atoms with van der Waals surface area (Å²) < 4.78 is 6.01. The Morgan fingerprint density at radius 3 is 2.72 bits per heavy atom. The standard InChI is InChI=1S/C20H18N4O/c1-2-8-16-15(7-1)19(22-13-21-16)24-11-5-6-14(12-24)20-23-17-9-3-4-10-18(17)25-20/h1-4,7-10,13-14H,5-6,11-12H2. The Morgan fingerprint density at radius 1 is 0.960 bits per heavy atom. The van der Waals surface area contributed by atoms with Crippen molar-refractivity contribution in [1.82, 2.24) is 15.0 Å². The molecule has 1 aliphatic rings. The van der Waals surface area contributed by atoms with Crippen LogP contribution < -0.4 is 4.90 Å². The summed E-state index contributed by atoms with van der Waals surface area (Å²) in [4.78, 5) is 16.0. The number of hydrogen-bond acceptors (Lipinski definition) is 5. The van der Waals surface area contributed by atoms with Gasteiger partial charge in [0.1, 0.15) is 17.7 Å². The van der Waals surface area contributed by atoms with Gasteiger partial charge >= 0.3 is 0 Å². The zero-order valence-corrected chi connectivity index (χ0v) is 13.8. The average Bonchev–Trinajstić information content (AvgIpc) is 3.12. The van der Waals surface area contributed by atoms with E-state index in [1.807, 2.05) is 42.5 Å². The molecule has 0 saturated carbocycles. The van der Waals surface area contributed by atoms with Crippen molar-refractivity contribution in [3.05, 3.63) is 60.7 Å². The van der Waals surface area contributed by atoms with E-state index in [1.54, 1.807) is 6.33 Å². The molecule has 1 atom stereocenters. The Balaban J connectivity index is 1.49. The molecule has 0 radical (unpaired) electrons. The predicted octanol–water partition coefficient (Wildman–Crippen LogP) is 4.16. The van der Waals surface area contributed by atoms with Crippen LogP contribution in [-0.4, -0.2) is 28.0 Å². The van der Waals surface area contributed by atoms with Crippen molar-refractivity contribution in [3.8, 4) is 0 Å². The summed E-state index contributed by atoms with van der Waals surface area (Å²) in [5.41, 5.74) is 2.78. The van der Waals surface area contributed by atoms with E-state index >= 15 is 0 Å². The summed E-state index contributed by atoms with van der Waals surface area (Å²) in [7, 11) is 0. The fraction of sp³-hybridized carbons (Fsp3) is 0.250. The largest absolute Gasteiger partial charge is 0.440 e. The summed E-state index contributed by atoms with van der Waals surface area (Å²) >= 11 is 0. The third-order valence-corrected chi connectivity index (χ3v) is 4.90. The Labute approximate surface area is 145 Å². The number of aromatic nitrogens is 3. The molecule has 5 rings (SSSR count). The van der Waals surface area contributed by atoms with Gasteiger partial charge in [-0.3, -0.25) is 0 Å². The van der Waals surface area contributed by atoms with E-state index in [9.17, 15) is 0 Å². The number of hydrogen-bond donors (Lipinski definition) is 0. The minimum Gasteiger partial charge on any atom is -0.440 e. The van der Waals surface area contributed by atoms with Crippen LogP contribution in [0.5, 0.6) is 0 Å². The van der Waals surface area contributed by atoms with Crippen LogP contribution in [-0.2, 0) is 0 Å². The Kier molecular flexibility index (Phi) is 3.37. The van der Waals surface area contributed by atoms with Gasteiger partial charge in [-0.25, -0.2) is 15.0 Å². The molecule has 5 nitrogen and oxygen atoms in total. The molecular formula is C20H18N4O. The van der Waals surface area contributed by atoms with Gasteiger partial charge in [0.15, 0.2) is 11.5 Å². The van der Waals surface area contributed by atoms with Crippen LogP contribution in [0.4, 0.5) is 5.82 Å². The van der Waals surface area contributed by atoms with Gasteiger partial charge < -0.3 is 9.32 Å². The van der Waals surface area contributed by atoms with Gasteiger partial charge in [0.2, 0.25) is 0 Å². The lowest BCUT2D eigenvalue weighted by molar-refractivity contribution is 0.412. The quantitative estimate of drug-likeness (QED) is 0.552. The van der Waals surface area contributed by atoms with Gasteiger partial charge in [0, 0.05) is 18.5 Å². The van der Waals surface area contributed by atoms with E-state index in [2.05, 4.69) is 20.9 Å². The number of fused-ring (bicyclic) bond motifs is 2. The van der Waals surface area contributed by atoms with Crippen molar-refractivity contribution in [2.45, 2.75) is 18.8 Å². The molecule has 0 N–H and O–H groups in total. The molecule has 124 valence electrons. The molecular weight excluding hydrogens is 312 g/mol. The van der Waals surface area contributed by atoms with Crippen LogP contribution in [0.2, 0.25) is 0 Å². The number of piperidine rings is 1. The maximum absolute atomic E-state index is 6.01. The molecule has 1 saturated heterocycles. The van der Waals surface area contributed by atoms with E-state index in [4.69, 9.17) is 9.40 Å². The number of nitrogens with zero attached hydrogens (tertiary/aromatic N) is 4. The van der Waals surface area contributed by atoms with Crippen molar-refractivity contribution in [2.24, 2.45) is 0 Å². The maximum Gasteiger partial charge on any atom is 0.200 e. The molecule has 25 heavy (non-hydrogen) atoms. The van der Waals surface area contributed by atoms with Crippen LogP contribution >= 0.6 is 0 Å². The number of benzene rings is 2. The van der Waals surface area contributed by atoms with E-state index < -0.39 is 0 Å². The predicted molar refractivity (Wildman–Crippen MR) is 97.7 cm³/mol. The number of oxazole rings is 1. The molecule has 1 aliphatic heterocycles. The second kappa shape index (κ2) is 5.84. The van der Waals surface area contributed by atoms with Crippen LogP contribution in [0.25, 0.3) is 22.0 Å². The van der Waals surface area contributed by atoms with E-state index in [1.165, 1.54) is 0 Å². The topological polar surface area (TPSA) is 55.1 Å². The van der Waals surface area contributed by atoms with E-state index in [0.29, 0.717) is 0 Å². The first-order chi connectivity index (χ1) is 12.4. The second-order valence-corrected chi connectivity index (χ2v) is 6.52. The van der Waals surface area contributed by atoms with Gasteiger partial charge in [-0.15, -0.1) is 0 Å². The summed E-state index contributed by atoms with van der Waals surface area (Å²) in [6.07, 6.45) is 3.84. The summed E-state index contributed by atoms with van der Waals surface area (Å²) in [5, 5.41) is 1.10. The lowest BCUT2D eigenvalue weighted by Gasteiger charge is -2.32. The molecule has 5 heteroatoms. The van der Waals surface area contributed by atoms with E-state index in [-0.39, 0.29) is 5.92 Å². The van der Waals surface area contributed by atoms with Gasteiger partial charge in [-0.2, -0.15) is 0 Å². The van der Waals surface area contributed by atoms with Gasteiger partial charge in [-0.05, 0) is 37.1 Å². The van der Waals surface area contributed by atoms with Crippen LogP contribution in [0.15, 0.2) is 59.3 Å². The molecule has 0 spiro atoms. The first-order valence-corrected chi connectivity index (χ1v) is 8.69. The van der Waals surface area contributed by atoms with Gasteiger partial charge in [0.05, 0.1) is 11.4 Å². The first kappa shape index (κ1) is 14.4. The van der Waals surface area contributed by atoms with Crippen LogP contribution in [0, 0.1) is 0 Å². The zero-order chi connectivity index (χ0) is 16.6. The van der Waals surface area contributed by atoms with Crippen molar-refractivity contribution in [3.63, 3.8) is 0 Å². The molecule has 2 aromatic carbocycles. The van der Waals surface area contributed by atoms with Gasteiger partial charge in [0.25, 0.3) is 0 Å². The Hall–Kier alpha value is -2.95. The molecule has 1 unspecified atom stereocenters. The summed E-state index contributed by atoms with van der Waals surface area (Å²) in [5.74, 6) is 2.13. The zero-order valence-electron chi connectivity index (χ0n) is 13.8. The molecule has 3 heterocycles. The fourth-order valence-electron chi connectivity index (χ4n) is 3.68. The number of anilines is 1. The summed E-state index contributed by atoms with van der Waals surface area (Å²) in [6.45, 7) is 1.87. The van der Waals surface area contributed by atoms with Crippen LogP contribution in [0.3, 0.4) is 0 Å². The van der Waals surface area contributed by atoms with Crippen molar-refractivity contribution < 1.29 is 4.42 Å². The molecule has 0 aliphatic carbocycles. The molecule has 1 fully saturated rings. The normalized spacial score (nSPS) is 18.1. The minimum atomic E-state index is 0.287. The third kappa shape index (κ3) is 2.52. The smallest absolute Gasteiger partial charge is 0.200 e. The maximum atomic E-state index is 6.01. The second-order valence-electron chi connectivity index (χ2n) is 6.52. The Bertz CT molecular complexity index is 1000. The monoisotopic (exact) mass is 330 g/mol.